The van der Waals surface area contributed by atoms with E-state index in [1.807, 2.05) is 29.9 Å². The Hall–Kier alpha value is -1.59. The van der Waals surface area contributed by atoms with Gasteiger partial charge in [0.15, 0.2) is 0 Å². The number of nitrogens with one attached hydrogen (secondary N) is 1. The van der Waals surface area contributed by atoms with Gasteiger partial charge in [-0.15, -0.1) is 0 Å². The molecule has 5 heteroatoms. The van der Waals surface area contributed by atoms with Crippen molar-refractivity contribution in [2.24, 2.45) is 0 Å². The number of hydrogen-bond donors (Lipinski definition) is 2. The molecule has 0 radical (unpaired) electrons. The van der Waals surface area contributed by atoms with Gasteiger partial charge in [-0.1, -0.05) is 0 Å². The predicted octanol–water partition coefficient (Wildman–Crippen LogP) is 1.75. The van der Waals surface area contributed by atoms with Crippen LogP contribution in [0.2, 0.25) is 0 Å². The van der Waals surface area contributed by atoms with Crippen LogP contribution in [0.15, 0.2) is 24.5 Å². The summed E-state index contributed by atoms with van der Waals surface area (Å²) in [6.07, 6.45) is 5.55. The molecule has 3 rings (SSSR count). The van der Waals surface area contributed by atoms with Gasteiger partial charge in [-0.3, -0.25) is 0 Å². The Morgan fingerprint density at radius 1 is 1.50 bits per heavy atom. The second kappa shape index (κ2) is 4.59. The smallest absolute Gasteiger partial charge is 0.144 e. The molecule has 0 amide bonds. The molecule has 1 saturated heterocycles. The number of anilines is 1. The van der Waals surface area contributed by atoms with Crippen LogP contribution in [0.4, 0.5) is 5.69 Å². The van der Waals surface area contributed by atoms with Crippen LogP contribution in [0.5, 0.6) is 0 Å². The quantitative estimate of drug-likeness (QED) is 0.867. The Kier molecular flexibility index (Phi) is 2.93. The van der Waals surface area contributed by atoms with Gasteiger partial charge in [0, 0.05) is 30.5 Å². The Morgan fingerprint density at radius 2 is 2.39 bits per heavy atom. The fourth-order valence-electron chi connectivity index (χ4n) is 2.53. The second-order valence-corrected chi connectivity index (χ2v) is 4.54. The summed E-state index contributed by atoms with van der Waals surface area (Å²) in [5, 5.41) is 13.4. The van der Waals surface area contributed by atoms with Gasteiger partial charge >= 0.3 is 0 Å². The zero-order valence-electron chi connectivity index (χ0n) is 10.3. The van der Waals surface area contributed by atoms with Crippen LogP contribution in [0.3, 0.4) is 0 Å². The van der Waals surface area contributed by atoms with E-state index in [0.717, 1.165) is 29.6 Å². The van der Waals surface area contributed by atoms with Gasteiger partial charge in [0.05, 0.1) is 12.7 Å². The van der Waals surface area contributed by atoms with E-state index < -0.39 is 0 Å². The Labute approximate surface area is 105 Å². The molecular weight excluding hydrogens is 230 g/mol. The zero-order valence-corrected chi connectivity index (χ0v) is 10.3. The SMILES string of the molecule is CNc1ccnc2c1ccn2[C@H]1CC[C@@H](CO)O1. The van der Waals surface area contributed by atoms with Gasteiger partial charge < -0.3 is 19.7 Å². The largest absolute Gasteiger partial charge is 0.394 e. The third-order valence-corrected chi connectivity index (χ3v) is 3.48. The Bertz CT molecular complexity index is 552. The summed E-state index contributed by atoms with van der Waals surface area (Å²) in [6.45, 7) is 0.0882. The highest BCUT2D eigenvalue weighted by Gasteiger charge is 2.26. The van der Waals surface area contributed by atoms with E-state index in [0.29, 0.717) is 0 Å². The fraction of sp³-hybridized carbons (Fsp3) is 0.462. The summed E-state index contributed by atoms with van der Waals surface area (Å²) in [5.41, 5.74) is 1.99. The molecule has 18 heavy (non-hydrogen) atoms. The number of rotatable bonds is 3. The van der Waals surface area contributed by atoms with E-state index in [2.05, 4.69) is 10.3 Å². The van der Waals surface area contributed by atoms with Crippen LogP contribution in [0.25, 0.3) is 11.0 Å². The summed E-state index contributed by atoms with van der Waals surface area (Å²) >= 11 is 0. The number of aliphatic hydroxyl groups is 1. The molecule has 96 valence electrons. The van der Waals surface area contributed by atoms with Crippen LogP contribution in [-0.2, 0) is 4.74 Å². The van der Waals surface area contributed by atoms with Gasteiger partial charge in [-0.2, -0.15) is 0 Å². The normalized spacial score (nSPS) is 23.7. The minimum Gasteiger partial charge on any atom is -0.394 e. The van der Waals surface area contributed by atoms with Crippen molar-refractivity contribution in [3.05, 3.63) is 24.5 Å². The minimum absolute atomic E-state index is 0.0146. The molecule has 3 heterocycles. The summed E-state index contributed by atoms with van der Waals surface area (Å²) in [7, 11) is 1.90. The molecule has 0 bridgehead atoms. The molecule has 2 aromatic heterocycles. The number of fused-ring (bicyclic) bond motifs is 1. The molecule has 0 unspecified atom stereocenters. The van der Waals surface area contributed by atoms with Crippen molar-refractivity contribution in [3.63, 3.8) is 0 Å². The topological polar surface area (TPSA) is 59.3 Å². The highest BCUT2D eigenvalue weighted by molar-refractivity contribution is 5.89. The lowest BCUT2D eigenvalue weighted by Crippen LogP contribution is -2.14. The number of aliphatic hydroxyl groups excluding tert-OH is 1. The summed E-state index contributed by atoms with van der Waals surface area (Å²) < 4.78 is 7.84. The number of ether oxygens (including phenoxy) is 1. The standard InChI is InChI=1S/C13H17N3O2/c1-14-11-4-6-15-13-10(11)5-7-16(13)12-3-2-9(8-17)18-12/h4-7,9,12,17H,2-3,8H2,1H3,(H,14,15)/t9-,12+/m0/s1. The maximum Gasteiger partial charge on any atom is 0.144 e. The molecule has 0 aliphatic carbocycles. The summed E-state index contributed by atoms with van der Waals surface area (Å²) in [4.78, 5) is 4.43. The lowest BCUT2D eigenvalue weighted by Gasteiger charge is -2.15. The van der Waals surface area contributed by atoms with Gasteiger partial charge in [0.1, 0.15) is 11.9 Å². The molecule has 2 aromatic rings. The average molecular weight is 247 g/mol. The predicted molar refractivity (Wildman–Crippen MR) is 69.5 cm³/mol. The summed E-state index contributed by atoms with van der Waals surface area (Å²) in [6, 6.07) is 4.00. The molecule has 0 spiro atoms. The van der Waals surface area contributed by atoms with Crippen LogP contribution in [-0.4, -0.2) is 34.4 Å². The fourth-order valence-corrected chi connectivity index (χ4v) is 2.53. The van der Waals surface area contributed by atoms with Crippen LogP contribution in [0.1, 0.15) is 19.1 Å². The van der Waals surface area contributed by atoms with E-state index in [1.54, 1.807) is 6.20 Å². The lowest BCUT2D eigenvalue weighted by atomic mass is 10.2. The maximum absolute atomic E-state index is 9.12. The molecule has 1 fully saturated rings. The van der Waals surface area contributed by atoms with Crippen molar-refractivity contribution >= 4 is 16.7 Å². The third kappa shape index (κ3) is 1.76. The molecule has 2 N–H and O–H groups in total. The van der Waals surface area contributed by atoms with Gasteiger partial charge in [0.2, 0.25) is 0 Å². The van der Waals surface area contributed by atoms with Crippen molar-refractivity contribution in [3.8, 4) is 0 Å². The molecule has 1 aliphatic rings. The molecule has 0 saturated carbocycles. The van der Waals surface area contributed by atoms with Crippen molar-refractivity contribution in [1.29, 1.82) is 0 Å². The van der Waals surface area contributed by atoms with Crippen molar-refractivity contribution < 1.29 is 9.84 Å². The Balaban J connectivity index is 1.98. The number of nitrogens with zero attached hydrogens (tertiary/aromatic N) is 2. The second-order valence-electron chi connectivity index (χ2n) is 4.54. The molecule has 5 nitrogen and oxygen atoms in total. The third-order valence-electron chi connectivity index (χ3n) is 3.48. The monoisotopic (exact) mass is 247 g/mol. The van der Waals surface area contributed by atoms with Crippen LogP contribution >= 0.6 is 0 Å². The maximum atomic E-state index is 9.12. The van der Waals surface area contributed by atoms with E-state index in [9.17, 15) is 0 Å². The number of pyridine rings is 1. The highest BCUT2D eigenvalue weighted by Crippen LogP contribution is 2.32. The lowest BCUT2D eigenvalue weighted by molar-refractivity contribution is -0.0204. The first-order chi connectivity index (χ1) is 8.83. The van der Waals surface area contributed by atoms with Crippen LogP contribution < -0.4 is 5.32 Å². The molecule has 1 aliphatic heterocycles. The first kappa shape index (κ1) is 11.5. The minimum atomic E-state index is -0.0417. The summed E-state index contributed by atoms with van der Waals surface area (Å²) in [5.74, 6) is 0. The van der Waals surface area contributed by atoms with E-state index in [4.69, 9.17) is 9.84 Å². The van der Waals surface area contributed by atoms with Crippen molar-refractivity contribution in [2.45, 2.75) is 25.2 Å². The van der Waals surface area contributed by atoms with Gasteiger partial charge in [-0.25, -0.2) is 4.98 Å². The molecule has 0 aromatic carbocycles. The number of hydrogen-bond acceptors (Lipinski definition) is 4. The first-order valence-electron chi connectivity index (χ1n) is 6.23. The van der Waals surface area contributed by atoms with Crippen LogP contribution in [0, 0.1) is 0 Å². The van der Waals surface area contributed by atoms with Crippen molar-refractivity contribution in [2.75, 3.05) is 19.0 Å². The number of aromatic nitrogens is 2. The first-order valence-corrected chi connectivity index (χ1v) is 6.23. The van der Waals surface area contributed by atoms with E-state index in [-0.39, 0.29) is 18.9 Å². The van der Waals surface area contributed by atoms with Crippen molar-refractivity contribution in [1.82, 2.24) is 9.55 Å². The Morgan fingerprint density at radius 3 is 3.11 bits per heavy atom. The zero-order chi connectivity index (χ0) is 12.5. The van der Waals surface area contributed by atoms with Gasteiger partial charge in [-0.05, 0) is 25.0 Å². The van der Waals surface area contributed by atoms with Gasteiger partial charge in [0.25, 0.3) is 0 Å². The molecular formula is C13H17N3O2. The molecule has 2 atom stereocenters. The highest BCUT2D eigenvalue weighted by atomic mass is 16.5. The van der Waals surface area contributed by atoms with E-state index >= 15 is 0 Å². The van der Waals surface area contributed by atoms with E-state index in [1.165, 1.54) is 0 Å². The average Bonchev–Trinajstić information content (AvgIpc) is 3.03.